The van der Waals surface area contributed by atoms with Gasteiger partial charge in [-0.05, 0) is 30.7 Å². The lowest BCUT2D eigenvalue weighted by Crippen LogP contribution is -2.48. The number of nitrogens with one attached hydrogen (secondary N) is 3. The number of pyridine rings is 1. The smallest absolute Gasteiger partial charge is 0.255 e. The van der Waals surface area contributed by atoms with Gasteiger partial charge in [0, 0.05) is 43.5 Å². The summed E-state index contributed by atoms with van der Waals surface area (Å²) in [5.74, 6) is 0.0493. The molecule has 0 atom stereocenters. The van der Waals surface area contributed by atoms with Crippen molar-refractivity contribution in [1.82, 2.24) is 15.6 Å². The number of aryl methyl sites for hydroxylation is 1. The number of hydrogen-bond acceptors (Lipinski definition) is 4. The summed E-state index contributed by atoms with van der Waals surface area (Å²) >= 11 is 0. The van der Waals surface area contributed by atoms with E-state index in [1.165, 1.54) is 0 Å². The highest BCUT2D eigenvalue weighted by molar-refractivity contribution is 6.09. The molecule has 3 N–H and O–H groups in total. The highest BCUT2D eigenvalue weighted by Crippen LogP contribution is 2.21. The summed E-state index contributed by atoms with van der Waals surface area (Å²) in [6.07, 6.45) is 3.13. The zero-order chi connectivity index (χ0) is 16.9. The molecule has 1 aliphatic rings. The van der Waals surface area contributed by atoms with Crippen LogP contribution in [0, 0.1) is 12.8 Å². The fourth-order valence-electron chi connectivity index (χ4n) is 2.54. The largest absolute Gasteiger partial charge is 0.352 e. The topological polar surface area (TPSA) is 83.1 Å². The van der Waals surface area contributed by atoms with Crippen LogP contribution in [0.2, 0.25) is 0 Å². The molecule has 0 radical (unpaired) electrons. The van der Waals surface area contributed by atoms with Gasteiger partial charge in [0.15, 0.2) is 0 Å². The predicted molar refractivity (Wildman–Crippen MR) is 107 cm³/mol. The average molecular weight is 397 g/mol. The summed E-state index contributed by atoms with van der Waals surface area (Å²) in [4.78, 5) is 28.8. The van der Waals surface area contributed by atoms with Crippen LogP contribution in [-0.4, -0.2) is 36.4 Å². The Hall–Kier alpha value is -2.15. The first-order valence-corrected chi connectivity index (χ1v) is 7.95. The van der Waals surface area contributed by atoms with Gasteiger partial charge in [0.1, 0.15) is 0 Å². The molecule has 2 heterocycles. The molecule has 6 nitrogen and oxygen atoms in total. The zero-order valence-electron chi connectivity index (χ0n) is 14.3. The Morgan fingerprint density at radius 2 is 1.81 bits per heavy atom. The Kier molecular flexibility index (Phi) is 8.51. The number of para-hydroxylation sites is 1. The Morgan fingerprint density at radius 1 is 1.12 bits per heavy atom. The first-order valence-electron chi connectivity index (χ1n) is 7.95. The fraction of sp³-hybridized carbons (Fsp3) is 0.278. The SMILES string of the molecule is Cc1cccc(C(=O)NCC2CNC2)c1NC(=O)c1ccncc1.Cl.Cl. The van der Waals surface area contributed by atoms with Crippen LogP contribution in [0.15, 0.2) is 42.7 Å². The molecule has 0 aliphatic carbocycles. The molecule has 1 saturated heterocycles. The zero-order valence-corrected chi connectivity index (χ0v) is 16.0. The van der Waals surface area contributed by atoms with Gasteiger partial charge in [0.25, 0.3) is 11.8 Å². The van der Waals surface area contributed by atoms with Gasteiger partial charge in [-0.3, -0.25) is 14.6 Å². The summed E-state index contributed by atoms with van der Waals surface area (Å²) in [5.41, 5.74) is 2.36. The van der Waals surface area contributed by atoms with Gasteiger partial charge < -0.3 is 16.0 Å². The first kappa shape index (κ1) is 21.9. The average Bonchev–Trinajstić information content (AvgIpc) is 2.55. The summed E-state index contributed by atoms with van der Waals surface area (Å²) in [6, 6.07) is 8.68. The maximum Gasteiger partial charge on any atom is 0.255 e. The third-order valence-corrected chi connectivity index (χ3v) is 4.12. The van der Waals surface area contributed by atoms with E-state index in [0.717, 1.165) is 18.7 Å². The molecule has 0 saturated carbocycles. The second kappa shape index (κ2) is 10.1. The molecule has 0 bridgehead atoms. The van der Waals surface area contributed by atoms with E-state index in [1.807, 2.05) is 19.1 Å². The molecule has 2 amide bonds. The second-order valence-electron chi connectivity index (χ2n) is 5.92. The number of hydrogen-bond donors (Lipinski definition) is 3. The lowest BCUT2D eigenvalue weighted by Gasteiger charge is -2.27. The van der Waals surface area contributed by atoms with E-state index >= 15 is 0 Å². The van der Waals surface area contributed by atoms with E-state index < -0.39 is 0 Å². The van der Waals surface area contributed by atoms with E-state index in [0.29, 0.717) is 29.3 Å². The van der Waals surface area contributed by atoms with Crippen LogP contribution in [0.1, 0.15) is 26.3 Å². The molecule has 1 aromatic carbocycles. The van der Waals surface area contributed by atoms with Crippen LogP contribution >= 0.6 is 24.8 Å². The van der Waals surface area contributed by atoms with E-state index in [2.05, 4.69) is 20.9 Å². The number of rotatable bonds is 5. The molecule has 1 fully saturated rings. The second-order valence-corrected chi connectivity index (χ2v) is 5.92. The van der Waals surface area contributed by atoms with Crippen LogP contribution in [0.4, 0.5) is 5.69 Å². The molecule has 3 rings (SSSR count). The van der Waals surface area contributed by atoms with Gasteiger partial charge in [-0.1, -0.05) is 12.1 Å². The number of amides is 2. The number of anilines is 1. The summed E-state index contributed by atoms with van der Waals surface area (Å²) in [5, 5.41) is 8.97. The van der Waals surface area contributed by atoms with Crippen LogP contribution in [-0.2, 0) is 0 Å². The van der Waals surface area contributed by atoms with Gasteiger partial charge in [-0.2, -0.15) is 0 Å². The molecule has 1 aromatic heterocycles. The number of halogens is 2. The minimum absolute atomic E-state index is 0. The van der Waals surface area contributed by atoms with Crippen LogP contribution in [0.3, 0.4) is 0 Å². The molecule has 2 aromatic rings. The number of carbonyl (C=O) groups excluding carboxylic acids is 2. The summed E-state index contributed by atoms with van der Waals surface area (Å²) in [6.45, 7) is 4.37. The maximum atomic E-state index is 12.5. The number of nitrogens with zero attached hydrogens (tertiary/aromatic N) is 1. The third kappa shape index (κ3) is 5.17. The Morgan fingerprint density at radius 3 is 2.42 bits per heavy atom. The van der Waals surface area contributed by atoms with Crippen LogP contribution in [0.5, 0.6) is 0 Å². The Labute approximate surface area is 165 Å². The molecule has 8 heteroatoms. The molecule has 1 aliphatic heterocycles. The molecular formula is C18H22Cl2N4O2. The van der Waals surface area contributed by atoms with Gasteiger partial charge in [-0.15, -0.1) is 24.8 Å². The van der Waals surface area contributed by atoms with Gasteiger partial charge in [0.2, 0.25) is 0 Å². The third-order valence-electron chi connectivity index (χ3n) is 4.12. The van der Waals surface area contributed by atoms with E-state index in [4.69, 9.17) is 0 Å². The van der Waals surface area contributed by atoms with Crippen LogP contribution in [0.25, 0.3) is 0 Å². The van der Waals surface area contributed by atoms with Crippen molar-refractivity contribution in [2.75, 3.05) is 25.0 Å². The van der Waals surface area contributed by atoms with Gasteiger partial charge >= 0.3 is 0 Å². The van der Waals surface area contributed by atoms with Crippen molar-refractivity contribution in [3.05, 3.63) is 59.4 Å². The van der Waals surface area contributed by atoms with Crippen molar-refractivity contribution in [2.45, 2.75) is 6.92 Å². The van der Waals surface area contributed by atoms with Gasteiger partial charge in [0.05, 0.1) is 11.3 Å². The minimum Gasteiger partial charge on any atom is -0.352 e. The first-order chi connectivity index (χ1) is 11.6. The summed E-state index contributed by atoms with van der Waals surface area (Å²) in [7, 11) is 0. The standard InChI is InChI=1S/C18H20N4O2.2ClH/c1-12-3-2-4-15(18(24)21-11-13-9-20-10-13)16(12)22-17(23)14-5-7-19-8-6-14;;/h2-8,13,20H,9-11H2,1H3,(H,21,24)(H,22,23);2*1H. The van der Waals surface area contributed by atoms with E-state index in [-0.39, 0.29) is 36.6 Å². The van der Waals surface area contributed by atoms with Crippen molar-refractivity contribution in [1.29, 1.82) is 0 Å². The number of aromatic nitrogens is 1. The van der Waals surface area contributed by atoms with E-state index in [9.17, 15) is 9.59 Å². The van der Waals surface area contributed by atoms with Crippen LogP contribution < -0.4 is 16.0 Å². The fourth-order valence-corrected chi connectivity index (χ4v) is 2.54. The molecule has 140 valence electrons. The van der Waals surface area contributed by atoms with Crippen molar-refractivity contribution < 1.29 is 9.59 Å². The highest BCUT2D eigenvalue weighted by atomic mass is 35.5. The molecule has 26 heavy (non-hydrogen) atoms. The molecular weight excluding hydrogens is 375 g/mol. The monoisotopic (exact) mass is 396 g/mol. The highest BCUT2D eigenvalue weighted by Gasteiger charge is 2.20. The Balaban J connectivity index is 0.00000169. The molecule has 0 unspecified atom stereocenters. The quantitative estimate of drug-likeness (QED) is 0.724. The number of benzene rings is 1. The predicted octanol–water partition coefficient (Wildman–Crippen LogP) is 2.44. The number of carbonyl (C=O) groups is 2. The van der Waals surface area contributed by atoms with E-state index in [1.54, 1.807) is 30.6 Å². The van der Waals surface area contributed by atoms with Crippen molar-refractivity contribution >= 4 is 42.3 Å². The van der Waals surface area contributed by atoms with Gasteiger partial charge in [-0.25, -0.2) is 0 Å². The minimum atomic E-state index is -0.260. The lowest BCUT2D eigenvalue weighted by atomic mass is 10.0. The summed E-state index contributed by atoms with van der Waals surface area (Å²) < 4.78 is 0. The normalized spacial score (nSPS) is 12.8. The van der Waals surface area contributed by atoms with Crippen molar-refractivity contribution in [3.8, 4) is 0 Å². The molecule has 0 spiro atoms. The maximum absolute atomic E-state index is 12.5. The lowest BCUT2D eigenvalue weighted by molar-refractivity contribution is 0.0943. The van der Waals surface area contributed by atoms with Crippen molar-refractivity contribution in [2.24, 2.45) is 5.92 Å². The van der Waals surface area contributed by atoms with Crippen molar-refractivity contribution in [3.63, 3.8) is 0 Å². The Bertz CT molecular complexity index is 752.